The number of benzene rings is 1. The summed E-state index contributed by atoms with van der Waals surface area (Å²) in [7, 11) is 1.51. The molecule has 2 amide bonds. The molecular weight excluding hydrogens is 424 g/mol. The molecule has 3 heterocycles. The molecule has 2 aromatic heterocycles. The average molecular weight is 450 g/mol. The fourth-order valence-electron chi connectivity index (χ4n) is 4.65. The molecule has 9 heteroatoms. The molecule has 9 nitrogen and oxygen atoms in total. The van der Waals surface area contributed by atoms with E-state index in [0.717, 1.165) is 36.5 Å². The highest BCUT2D eigenvalue weighted by molar-refractivity contribution is 5.91. The number of ether oxygens (including phenoxy) is 2. The van der Waals surface area contributed by atoms with Crippen LogP contribution < -0.4 is 10.1 Å². The van der Waals surface area contributed by atoms with Crippen molar-refractivity contribution in [1.29, 1.82) is 0 Å². The second-order valence-electron chi connectivity index (χ2n) is 8.77. The molecule has 1 saturated heterocycles. The lowest BCUT2D eigenvalue weighted by molar-refractivity contribution is -0.0772. The van der Waals surface area contributed by atoms with E-state index in [1.54, 1.807) is 17.3 Å². The number of nitrogens with zero attached hydrogens (tertiary/aromatic N) is 3. The van der Waals surface area contributed by atoms with Gasteiger partial charge in [-0.1, -0.05) is 17.6 Å². The predicted octanol–water partition coefficient (Wildman–Crippen LogP) is 3.89. The van der Waals surface area contributed by atoms with Crippen molar-refractivity contribution in [3.63, 3.8) is 0 Å². The van der Waals surface area contributed by atoms with Crippen LogP contribution in [0.15, 0.2) is 47.2 Å². The van der Waals surface area contributed by atoms with Crippen molar-refractivity contribution >= 4 is 22.8 Å². The molecule has 1 aliphatic carbocycles. The van der Waals surface area contributed by atoms with E-state index in [4.69, 9.17) is 14.0 Å². The van der Waals surface area contributed by atoms with Crippen molar-refractivity contribution in [2.75, 3.05) is 13.6 Å². The van der Waals surface area contributed by atoms with Gasteiger partial charge < -0.3 is 19.3 Å². The van der Waals surface area contributed by atoms with E-state index < -0.39 is 12.3 Å². The number of fused-ring (bicyclic) bond motifs is 1. The van der Waals surface area contributed by atoms with Crippen LogP contribution in [-0.4, -0.2) is 46.9 Å². The van der Waals surface area contributed by atoms with E-state index in [-0.39, 0.29) is 23.6 Å². The van der Waals surface area contributed by atoms with Crippen molar-refractivity contribution in [3.8, 4) is 5.75 Å². The lowest BCUT2D eigenvalue weighted by Crippen LogP contribution is -2.54. The molecular formula is C24H26N4O5. The standard InChI is InChI=1S/C24H26N4O5/c1-25-22(29)20-12-19(33-27-20)15-31-23(30)28-10-8-24(6-2-7-24)13-21(28)32-18-4-3-16-5-9-26-14-17(16)11-18/h3-5,9,11-12,14,21H,2,6-8,10,13,15H2,1H3,(H,25,29). The average Bonchev–Trinajstić information content (AvgIpc) is 3.30. The first kappa shape index (κ1) is 21.2. The molecule has 1 atom stereocenters. The smallest absolute Gasteiger partial charge is 0.413 e. The molecule has 1 aliphatic heterocycles. The third-order valence-electron chi connectivity index (χ3n) is 6.73. The minimum absolute atomic E-state index is 0.112. The molecule has 1 N–H and O–H groups in total. The van der Waals surface area contributed by atoms with E-state index in [2.05, 4.69) is 15.5 Å². The zero-order valence-electron chi connectivity index (χ0n) is 18.5. The molecule has 2 aliphatic rings. The Morgan fingerprint density at radius 1 is 1.21 bits per heavy atom. The number of rotatable bonds is 5. The van der Waals surface area contributed by atoms with Gasteiger partial charge in [0.25, 0.3) is 5.91 Å². The topological polar surface area (TPSA) is 107 Å². The lowest BCUT2D eigenvalue weighted by atomic mass is 9.63. The monoisotopic (exact) mass is 450 g/mol. The van der Waals surface area contributed by atoms with Crippen molar-refractivity contribution in [1.82, 2.24) is 20.4 Å². The molecule has 0 radical (unpaired) electrons. The van der Waals surface area contributed by atoms with E-state index in [1.165, 1.54) is 19.5 Å². The molecule has 1 unspecified atom stereocenters. The molecule has 0 bridgehead atoms. The zero-order chi connectivity index (χ0) is 22.8. The van der Waals surface area contributed by atoms with Gasteiger partial charge in [-0.3, -0.25) is 14.7 Å². The summed E-state index contributed by atoms with van der Waals surface area (Å²) in [6, 6.07) is 9.27. The molecule has 5 rings (SSSR count). The highest BCUT2D eigenvalue weighted by atomic mass is 16.6. The summed E-state index contributed by atoms with van der Waals surface area (Å²) in [6.07, 6.45) is 7.92. The Labute approximate surface area is 191 Å². The number of likely N-dealkylation sites (tertiary alicyclic amines) is 1. The minimum atomic E-state index is -0.477. The first-order valence-electron chi connectivity index (χ1n) is 11.2. The van der Waals surface area contributed by atoms with Crippen LogP contribution in [0, 0.1) is 5.41 Å². The Balaban J connectivity index is 1.29. The molecule has 1 saturated carbocycles. The third-order valence-corrected chi connectivity index (χ3v) is 6.73. The number of hydrogen-bond acceptors (Lipinski definition) is 7. The number of carbonyl (C=O) groups is 2. The quantitative estimate of drug-likeness (QED) is 0.628. The molecule has 1 aromatic carbocycles. The van der Waals surface area contributed by atoms with Crippen LogP contribution in [0.3, 0.4) is 0 Å². The zero-order valence-corrected chi connectivity index (χ0v) is 18.5. The number of aromatic nitrogens is 2. The Kier molecular flexibility index (Phi) is 5.62. The Morgan fingerprint density at radius 3 is 2.88 bits per heavy atom. The molecule has 3 aromatic rings. The summed E-state index contributed by atoms with van der Waals surface area (Å²) >= 11 is 0. The van der Waals surface area contributed by atoms with Gasteiger partial charge in [0.1, 0.15) is 5.75 Å². The number of pyridine rings is 1. The number of nitrogens with one attached hydrogen (secondary N) is 1. The van der Waals surface area contributed by atoms with Gasteiger partial charge in [0.15, 0.2) is 24.3 Å². The van der Waals surface area contributed by atoms with E-state index in [9.17, 15) is 9.59 Å². The molecule has 2 fully saturated rings. The minimum Gasteiger partial charge on any atom is -0.470 e. The van der Waals surface area contributed by atoms with E-state index in [0.29, 0.717) is 18.1 Å². The first-order valence-corrected chi connectivity index (χ1v) is 11.2. The summed E-state index contributed by atoms with van der Waals surface area (Å²) in [5, 5.41) is 8.22. The maximum atomic E-state index is 13.0. The second-order valence-corrected chi connectivity index (χ2v) is 8.77. The van der Waals surface area contributed by atoms with Crippen LogP contribution >= 0.6 is 0 Å². The fourth-order valence-corrected chi connectivity index (χ4v) is 4.65. The van der Waals surface area contributed by atoms with E-state index >= 15 is 0 Å². The lowest BCUT2D eigenvalue weighted by Gasteiger charge is -2.50. The van der Waals surface area contributed by atoms with Crippen molar-refractivity contribution < 1.29 is 23.6 Å². The molecule has 33 heavy (non-hydrogen) atoms. The second kappa shape index (κ2) is 8.73. The summed E-state index contributed by atoms with van der Waals surface area (Å²) in [6.45, 7) is 0.456. The van der Waals surface area contributed by atoms with Crippen molar-refractivity contribution in [2.45, 2.75) is 44.9 Å². The molecule has 172 valence electrons. The number of piperidine rings is 1. The van der Waals surface area contributed by atoms with Gasteiger partial charge in [0.2, 0.25) is 0 Å². The van der Waals surface area contributed by atoms with Crippen molar-refractivity contribution in [2.24, 2.45) is 5.41 Å². The van der Waals surface area contributed by atoms with Crippen LogP contribution in [0.5, 0.6) is 5.75 Å². The fraction of sp³-hybridized carbons (Fsp3) is 0.417. The maximum Gasteiger partial charge on any atom is 0.413 e. The van der Waals surface area contributed by atoms with Crippen molar-refractivity contribution in [3.05, 3.63) is 54.2 Å². The van der Waals surface area contributed by atoms with Crippen LogP contribution in [0.1, 0.15) is 48.4 Å². The van der Waals surface area contributed by atoms with Gasteiger partial charge in [0.05, 0.1) is 0 Å². The number of amides is 2. The summed E-state index contributed by atoms with van der Waals surface area (Å²) in [5.74, 6) is 0.631. The van der Waals surface area contributed by atoms with Gasteiger partial charge >= 0.3 is 6.09 Å². The third kappa shape index (κ3) is 4.35. The number of carbonyl (C=O) groups excluding carboxylic acids is 2. The predicted molar refractivity (Wildman–Crippen MR) is 118 cm³/mol. The van der Waals surface area contributed by atoms with Gasteiger partial charge in [-0.25, -0.2) is 4.79 Å². The maximum absolute atomic E-state index is 13.0. The van der Waals surface area contributed by atoms with Crippen LogP contribution in [0.25, 0.3) is 10.8 Å². The largest absolute Gasteiger partial charge is 0.470 e. The van der Waals surface area contributed by atoms with Gasteiger partial charge in [-0.05, 0) is 48.3 Å². The SMILES string of the molecule is CNC(=O)c1cc(COC(=O)N2CCC3(CCC3)CC2Oc2ccc3ccncc3c2)on1. The number of hydrogen-bond donors (Lipinski definition) is 1. The highest BCUT2D eigenvalue weighted by Crippen LogP contribution is 2.50. The van der Waals surface area contributed by atoms with E-state index in [1.807, 2.05) is 24.3 Å². The van der Waals surface area contributed by atoms with Gasteiger partial charge in [0, 0.05) is 43.9 Å². The van der Waals surface area contributed by atoms with Crippen LogP contribution in [0.2, 0.25) is 0 Å². The summed E-state index contributed by atoms with van der Waals surface area (Å²) in [4.78, 5) is 30.4. The highest BCUT2D eigenvalue weighted by Gasteiger charge is 2.46. The van der Waals surface area contributed by atoms with Gasteiger partial charge in [-0.15, -0.1) is 0 Å². The Bertz CT molecular complexity index is 1170. The molecule has 1 spiro atoms. The first-order chi connectivity index (χ1) is 16.0. The Hall–Kier alpha value is -3.62. The Morgan fingerprint density at radius 2 is 2.09 bits per heavy atom. The summed E-state index contributed by atoms with van der Waals surface area (Å²) < 4.78 is 16.9. The van der Waals surface area contributed by atoms with Gasteiger partial charge in [-0.2, -0.15) is 0 Å². The van der Waals surface area contributed by atoms with Crippen LogP contribution in [-0.2, 0) is 11.3 Å². The normalized spacial score (nSPS) is 19.2. The van der Waals surface area contributed by atoms with Crippen LogP contribution in [0.4, 0.5) is 4.79 Å². The summed E-state index contributed by atoms with van der Waals surface area (Å²) in [5.41, 5.74) is 0.383.